The molecule has 2 aromatic rings. The summed E-state index contributed by atoms with van der Waals surface area (Å²) in [6.07, 6.45) is 7.03. The molecule has 0 spiro atoms. The van der Waals surface area contributed by atoms with Gasteiger partial charge in [-0.15, -0.1) is 11.3 Å². The number of anilines is 1. The van der Waals surface area contributed by atoms with Gasteiger partial charge in [0.15, 0.2) is 5.13 Å². The Kier molecular flexibility index (Phi) is 5.08. The van der Waals surface area contributed by atoms with Gasteiger partial charge in [-0.05, 0) is 68.3 Å². The molecule has 6 heteroatoms. The van der Waals surface area contributed by atoms with Crippen molar-refractivity contribution in [3.05, 3.63) is 47.0 Å². The van der Waals surface area contributed by atoms with Gasteiger partial charge in [0.2, 0.25) is 0 Å². The highest BCUT2D eigenvalue weighted by atomic mass is 32.1. The molecule has 3 saturated carbocycles. The Labute approximate surface area is 175 Å². The fourth-order valence-corrected chi connectivity index (χ4v) is 6.68. The predicted octanol–water partition coefficient (Wildman–Crippen LogP) is 3.86. The van der Waals surface area contributed by atoms with Crippen molar-refractivity contribution in [2.75, 3.05) is 11.9 Å². The molecule has 0 aliphatic heterocycles. The summed E-state index contributed by atoms with van der Waals surface area (Å²) in [5.74, 6) is 1.54. The lowest BCUT2D eigenvalue weighted by atomic mass is 9.77. The molecule has 5 nitrogen and oxygen atoms in total. The summed E-state index contributed by atoms with van der Waals surface area (Å²) in [6, 6.07) is 10.5. The van der Waals surface area contributed by atoms with Crippen molar-refractivity contribution in [1.29, 1.82) is 0 Å². The highest BCUT2D eigenvalue weighted by Crippen LogP contribution is 2.55. The molecule has 0 radical (unpaired) electrons. The second kappa shape index (κ2) is 7.73. The molecule has 1 heterocycles. The van der Waals surface area contributed by atoms with Gasteiger partial charge in [-0.3, -0.25) is 4.79 Å². The van der Waals surface area contributed by atoms with E-state index in [1.807, 2.05) is 23.6 Å². The zero-order chi connectivity index (χ0) is 19.8. The van der Waals surface area contributed by atoms with E-state index in [1.54, 1.807) is 0 Å². The zero-order valence-electron chi connectivity index (χ0n) is 16.6. The van der Waals surface area contributed by atoms with E-state index in [9.17, 15) is 9.90 Å². The highest BCUT2D eigenvalue weighted by Gasteiger charge is 2.53. The minimum Gasteiger partial charge on any atom is -0.390 e. The molecule has 3 unspecified atom stereocenters. The first-order chi connectivity index (χ1) is 14.1. The average molecular weight is 412 g/mol. The first-order valence-corrected chi connectivity index (χ1v) is 11.7. The molecule has 3 aliphatic carbocycles. The fraction of sp³-hybridized carbons (Fsp3) is 0.565. The van der Waals surface area contributed by atoms with E-state index in [0.29, 0.717) is 23.4 Å². The molecule has 3 bridgehead atoms. The van der Waals surface area contributed by atoms with Crippen molar-refractivity contribution in [3.63, 3.8) is 0 Å². The zero-order valence-corrected chi connectivity index (χ0v) is 17.5. The second-order valence-electron chi connectivity index (χ2n) is 9.22. The third-order valence-electron chi connectivity index (χ3n) is 7.16. The summed E-state index contributed by atoms with van der Waals surface area (Å²) in [5.41, 5.74) is 1.31. The van der Waals surface area contributed by atoms with Crippen molar-refractivity contribution < 1.29 is 9.90 Å². The Hall–Kier alpha value is -1.92. The Morgan fingerprint density at radius 1 is 1.21 bits per heavy atom. The van der Waals surface area contributed by atoms with Crippen molar-refractivity contribution in [2.45, 2.75) is 56.6 Å². The van der Waals surface area contributed by atoms with Crippen LogP contribution in [0.2, 0.25) is 0 Å². The van der Waals surface area contributed by atoms with Crippen LogP contribution in [0.1, 0.15) is 54.6 Å². The Bertz CT molecular complexity index is 870. The lowest BCUT2D eigenvalue weighted by molar-refractivity contribution is -0.00594. The molecule has 0 saturated heterocycles. The quantitative estimate of drug-likeness (QED) is 0.675. The lowest BCUT2D eigenvalue weighted by Crippen LogP contribution is -2.42. The first-order valence-electron chi connectivity index (χ1n) is 10.8. The summed E-state index contributed by atoms with van der Waals surface area (Å²) in [5, 5.41) is 20.1. The molecule has 3 aliphatic rings. The molecule has 3 N–H and O–H groups in total. The average Bonchev–Trinajstić information content (AvgIpc) is 3.24. The van der Waals surface area contributed by atoms with Gasteiger partial charge in [0.1, 0.15) is 5.69 Å². The van der Waals surface area contributed by atoms with Crippen LogP contribution >= 0.6 is 11.3 Å². The minimum atomic E-state index is -0.474. The van der Waals surface area contributed by atoms with Crippen LogP contribution in [0, 0.1) is 17.8 Å². The van der Waals surface area contributed by atoms with Gasteiger partial charge < -0.3 is 15.7 Å². The van der Waals surface area contributed by atoms with E-state index in [-0.39, 0.29) is 11.9 Å². The van der Waals surface area contributed by atoms with Gasteiger partial charge in [0.25, 0.3) is 5.91 Å². The van der Waals surface area contributed by atoms with Crippen molar-refractivity contribution >= 4 is 22.4 Å². The Balaban J connectivity index is 1.17. The molecule has 1 aromatic heterocycles. The van der Waals surface area contributed by atoms with Crippen LogP contribution in [-0.4, -0.2) is 34.2 Å². The molecule has 29 heavy (non-hydrogen) atoms. The van der Waals surface area contributed by atoms with Crippen molar-refractivity contribution in [2.24, 2.45) is 17.8 Å². The molecule has 154 valence electrons. The lowest BCUT2D eigenvalue weighted by Gasteiger charge is -2.33. The molecular weight excluding hydrogens is 382 g/mol. The minimum absolute atomic E-state index is 0.0735. The maximum atomic E-state index is 12.8. The molecule has 5 rings (SSSR count). The van der Waals surface area contributed by atoms with Gasteiger partial charge in [-0.2, -0.15) is 0 Å². The van der Waals surface area contributed by atoms with E-state index in [4.69, 9.17) is 0 Å². The molecular formula is C23H29N3O2S. The predicted molar refractivity (Wildman–Crippen MR) is 115 cm³/mol. The van der Waals surface area contributed by atoms with E-state index >= 15 is 0 Å². The maximum Gasteiger partial charge on any atom is 0.271 e. The van der Waals surface area contributed by atoms with Gasteiger partial charge in [-0.1, -0.05) is 30.3 Å². The number of carbonyl (C=O) groups is 1. The fourth-order valence-electron chi connectivity index (χ4n) is 5.96. The smallest absolute Gasteiger partial charge is 0.271 e. The molecule has 1 aromatic carbocycles. The van der Waals surface area contributed by atoms with Crippen LogP contribution in [-0.2, 0) is 6.42 Å². The summed E-state index contributed by atoms with van der Waals surface area (Å²) in [4.78, 5) is 17.3. The number of nitrogens with one attached hydrogen (secondary N) is 2. The number of aliphatic hydroxyl groups is 1. The number of rotatable bonds is 6. The van der Waals surface area contributed by atoms with Crippen LogP contribution in [0.15, 0.2) is 35.7 Å². The van der Waals surface area contributed by atoms with Crippen LogP contribution in [0.3, 0.4) is 0 Å². The number of aromatic nitrogens is 1. The second-order valence-corrected chi connectivity index (χ2v) is 10.1. The Morgan fingerprint density at radius 2 is 2.07 bits per heavy atom. The standard InChI is InChI=1S/C23H29N3O2S/c27-21(20-14-29-22(26-20)24-9-8-15-4-2-1-3-5-15)25-19-7-6-16-10-17-12-23(28,11-16)13-18(17)19/h1-5,14,16-19,28H,6-13H2,(H,24,26)(H,25,27)/t16?,17?,18?,19-,23-/m0/s1. The monoisotopic (exact) mass is 411 g/mol. The van der Waals surface area contributed by atoms with E-state index in [1.165, 1.54) is 23.3 Å². The number of carbonyl (C=O) groups excluding carboxylic acids is 1. The van der Waals surface area contributed by atoms with Gasteiger partial charge in [0.05, 0.1) is 5.60 Å². The summed E-state index contributed by atoms with van der Waals surface area (Å²) in [7, 11) is 0. The van der Waals surface area contributed by atoms with E-state index < -0.39 is 5.60 Å². The third-order valence-corrected chi connectivity index (χ3v) is 7.96. The molecule has 5 atom stereocenters. The number of nitrogens with zero attached hydrogens (tertiary/aromatic N) is 1. The number of benzene rings is 1. The summed E-state index contributed by atoms with van der Waals surface area (Å²) < 4.78 is 0. The van der Waals surface area contributed by atoms with Crippen molar-refractivity contribution in [3.8, 4) is 0 Å². The van der Waals surface area contributed by atoms with Crippen LogP contribution < -0.4 is 10.6 Å². The molecule has 3 fully saturated rings. The number of hydrogen-bond donors (Lipinski definition) is 3. The number of amides is 1. The van der Waals surface area contributed by atoms with Crippen LogP contribution in [0.25, 0.3) is 0 Å². The third kappa shape index (κ3) is 4.05. The van der Waals surface area contributed by atoms with E-state index in [2.05, 4.69) is 27.8 Å². The van der Waals surface area contributed by atoms with Gasteiger partial charge in [-0.25, -0.2) is 4.98 Å². The van der Waals surface area contributed by atoms with E-state index in [0.717, 1.165) is 50.2 Å². The SMILES string of the molecule is O=C(N[C@H]1CCC2CC3C[C@@](O)(C2)CC31)c1csc(NCCc2ccccc2)n1. The topological polar surface area (TPSA) is 74.2 Å². The number of fused-ring (bicyclic) bond motifs is 2. The van der Waals surface area contributed by atoms with Gasteiger partial charge in [0, 0.05) is 18.0 Å². The first kappa shape index (κ1) is 19.1. The van der Waals surface area contributed by atoms with Gasteiger partial charge >= 0.3 is 0 Å². The van der Waals surface area contributed by atoms with Crippen LogP contribution in [0.5, 0.6) is 0 Å². The summed E-state index contributed by atoms with van der Waals surface area (Å²) in [6.45, 7) is 0.797. The number of hydrogen-bond acceptors (Lipinski definition) is 5. The van der Waals surface area contributed by atoms with Crippen molar-refractivity contribution in [1.82, 2.24) is 10.3 Å². The highest BCUT2D eigenvalue weighted by molar-refractivity contribution is 7.13. The largest absolute Gasteiger partial charge is 0.390 e. The maximum absolute atomic E-state index is 12.8. The van der Waals surface area contributed by atoms with Crippen LogP contribution in [0.4, 0.5) is 5.13 Å². The normalized spacial score (nSPS) is 32.7. The Morgan fingerprint density at radius 3 is 2.93 bits per heavy atom. The molecule has 1 amide bonds. The number of thiazole rings is 1. The summed E-state index contributed by atoms with van der Waals surface area (Å²) >= 11 is 1.48.